The summed E-state index contributed by atoms with van der Waals surface area (Å²) in [5, 5.41) is 0. The molecule has 3 atom stereocenters. The number of esters is 1. The molecule has 0 saturated carbocycles. The Balaban J connectivity index is 2.05. The van der Waals surface area contributed by atoms with Crippen LogP contribution < -0.4 is 0 Å². The first kappa shape index (κ1) is 19.6. The van der Waals surface area contributed by atoms with E-state index in [-0.39, 0.29) is 29.4 Å². The number of aryl methyl sites for hydroxylation is 1. The molecule has 1 heterocycles. The molecule has 144 valence electrons. The Morgan fingerprint density at radius 1 is 1.07 bits per heavy atom. The van der Waals surface area contributed by atoms with E-state index in [4.69, 9.17) is 4.74 Å². The van der Waals surface area contributed by atoms with Crippen LogP contribution in [0.4, 0.5) is 0 Å². The minimum Gasteiger partial charge on any atom is -0.469 e. The first-order valence-corrected chi connectivity index (χ1v) is 10.5. The van der Waals surface area contributed by atoms with Crippen molar-refractivity contribution in [1.29, 1.82) is 0 Å². The lowest BCUT2D eigenvalue weighted by molar-refractivity contribution is -0.149. The number of sulfonamides is 1. The van der Waals surface area contributed by atoms with Gasteiger partial charge in [0.05, 0.1) is 24.0 Å². The average Bonchev–Trinajstić information content (AvgIpc) is 2.68. The Labute approximate surface area is 161 Å². The summed E-state index contributed by atoms with van der Waals surface area (Å²) in [5.74, 6) is -0.819. The minimum atomic E-state index is -3.75. The average molecular weight is 388 g/mol. The maximum atomic E-state index is 13.4. The molecule has 0 amide bonds. The van der Waals surface area contributed by atoms with Gasteiger partial charge in [0, 0.05) is 6.54 Å². The van der Waals surface area contributed by atoms with Crippen LogP contribution in [0.3, 0.4) is 0 Å². The molecule has 1 saturated heterocycles. The molecule has 0 aromatic heterocycles. The van der Waals surface area contributed by atoms with Gasteiger partial charge in [-0.05, 0) is 37.0 Å². The summed E-state index contributed by atoms with van der Waals surface area (Å²) >= 11 is 0. The van der Waals surface area contributed by atoms with Crippen LogP contribution in [0.2, 0.25) is 0 Å². The van der Waals surface area contributed by atoms with Crippen molar-refractivity contribution in [2.45, 2.75) is 31.2 Å². The van der Waals surface area contributed by atoms with E-state index >= 15 is 0 Å². The van der Waals surface area contributed by atoms with E-state index in [1.165, 1.54) is 11.4 Å². The van der Waals surface area contributed by atoms with Gasteiger partial charge >= 0.3 is 5.97 Å². The molecule has 1 aliphatic rings. The standard InChI is InChI=1S/C21H25NO4S/c1-15-9-11-18(12-10-15)27(24,25)22-14-19(21(23)26-3)16(2)13-20(22)17-7-5-4-6-8-17/h4-12,16,19-20H,13-14H2,1-3H3/t16-,19?,20+/m0/s1. The zero-order chi connectivity index (χ0) is 19.6. The predicted molar refractivity (Wildman–Crippen MR) is 104 cm³/mol. The van der Waals surface area contributed by atoms with E-state index < -0.39 is 15.9 Å². The van der Waals surface area contributed by atoms with Gasteiger partial charge in [-0.25, -0.2) is 8.42 Å². The van der Waals surface area contributed by atoms with Crippen LogP contribution in [0.15, 0.2) is 59.5 Å². The lowest BCUT2D eigenvalue weighted by atomic mass is 9.82. The van der Waals surface area contributed by atoms with Crippen LogP contribution in [-0.4, -0.2) is 32.3 Å². The molecule has 1 fully saturated rings. The number of hydrogen-bond donors (Lipinski definition) is 0. The van der Waals surface area contributed by atoms with Crippen molar-refractivity contribution in [3.63, 3.8) is 0 Å². The van der Waals surface area contributed by atoms with E-state index in [9.17, 15) is 13.2 Å². The van der Waals surface area contributed by atoms with Crippen molar-refractivity contribution in [2.24, 2.45) is 11.8 Å². The van der Waals surface area contributed by atoms with Gasteiger partial charge in [-0.1, -0.05) is 55.0 Å². The second-order valence-electron chi connectivity index (χ2n) is 7.16. The molecule has 5 nitrogen and oxygen atoms in total. The highest BCUT2D eigenvalue weighted by Crippen LogP contribution is 2.40. The predicted octanol–water partition coefficient (Wildman–Crippen LogP) is 3.56. The van der Waals surface area contributed by atoms with E-state index in [0.29, 0.717) is 6.42 Å². The smallest absolute Gasteiger partial charge is 0.310 e. The number of benzene rings is 2. The minimum absolute atomic E-state index is 0.0205. The third kappa shape index (κ3) is 3.92. The molecule has 27 heavy (non-hydrogen) atoms. The fourth-order valence-electron chi connectivity index (χ4n) is 3.68. The summed E-state index contributed by atoms with van der Waals surface area (Å²) in [6.45, 7) is 4.01. The van der Waals surface area contributed by atoms with Gasteiger partial charge in [0.1, 0.15) is 0 Å². The largest absolute Gasteiger partial charge is 0.469 e. The second-order valence-corrected chi connectivity index (χ2v) is 9.05. The molecule has 1 aliphatic heterocycles. The van der Waals surface area contributed by atoms with Crippen molar-refractivity contribution in [3.8, 4) is 0 Å². The van der Waals surface area contributed by atoms with E-state index in [0.717, 1.165) is 11.1 Å². The molecular weight excluding hydrogens is 362 g/mol. The Kier molecular flexibility index (Phi) is 5.67. The van der Waals surface area contributed by atoms with Crippen LogP contribution in [0, 0.1) is 18.8 Å². The van der Waals surface area contributed by atoms with Gasteiger partial charge in [0.25, 0.3) is 0 Å². The van der Waals surface area contributed by atoms with Gasteiger partial charge < -0.3 is 4.74 Å². The molecule has 0 N–H and O–H groups in total. The number of carbonyl (C=O) groups is 1. The van der Waals surface area contributed by atoms with Crippen molar-refractivity contribution < 1.29 is 17.9 Å². The molecule has 0 bridgehead atoms. The number of piperidine rings is 1. The highest BCUT2D eigenvalue weighted by Gasteiger charge is 2.43. The van der Waals surface area contributed by atoms with E-state index in [1.54, 1.807) is 24.3 Å². The van der Waals surface area contributed by atoms with Crippen molar-refractivity contribution in [1.82, 2.24) is 4.31 Å². The first-order chi connectivity index (χ1) is 12.8. The number of methoxy groups -OCH3 is 1. The molecule has 0 aliphatic carbocycles. The zero-order valence-corrected chi connectivity index (χ0v) is 16.6. The van der Waals surface area contributed by atoms with Crippen LogP contribution >= 0.6 is 0 Å². The summed E-state index contributed by atoms with van der Waals surface area (Å²) in [6, 6.07) is 16.1. The molecular formula is C21H25NO4S. The Morgan fingerprint density at radius 3 is 2.30 bits per heavy atom. The summed E-state index contributed by atoms with van der Waals surface area (Å²) in [6.07, 6.45) is 0.564. The van der Waals surface area contributed by atoms with Gasteiger partial charge in [0.2, 0.25) is 10.0 Å². The summed E-state index contributed by atoms with van der Waals surface area (Å²) < 4.78 is 33.2. The molecule has 0 radical (unpaired) electrons. The number of nitrogens with zero attached hydrogens (tertiary/aromatic N) is 1. The SMILES string of the molecule is COC(=O)C1CN(S(=O)(=O)c2ccc(C)cc2)[C@@H](c2ccccc2)C[C@@H]1C. The van der Waals surface area contributed by atoms with E-state index in [1.807, 2.05) is 44.2 Å². The van der Waals surface area contributed by atoms with Gasteiger partial charge in [-0.2, -0.15) is 4.31 Å². The lowest BCUT2D eigenvalue weighted by Crippen LogP contribution is -2.47. The molecule has 3 rings (SSSR count). The summed E-state index contributed by atoms with van der Waals surface area (Å²) in [5.41, 5.74) is 1.93. The molecule has 2 aromatic rings. The molecule has 6 heteroatoms. The summed E-state index contributed by atoms with van der Waals surface area (Å²) in [7, 11) is -2.40. The number of hydrogen-bond acceptors (Lipinski definition) is 4. The van der Waals surface area contributed by atoms with Crippen LogP contribution in [0.1, 0.15) is 30.5 Å². The third-order valence-corrected chi connectivity index (χ3v) is 7.21. The van der Waals surface area contributed by atoms with Crippen LogP contribution in [-0.2, 0) is 19.6 Å². The van der Waals surface area contributed by atoms with Gasteiger partial charge in [-0.15, -0.1) is 0 Å². The highest BCUT2D eigenvalue weighted by atomic mass is 32.2. The Morgan fingerprint density at radius 2 is 1.70 bits per heavy atom. The first-order valence-electron chi connectivity index (χ1n) is 9.06. The lowest BCUT2D eigenvalue weighted by Gasteiger charge is -2.41. The molecule has 1 unspecified atom stereocenters. The van der Waals surface area contributed by atoms with Crippen molar-refractivity contribution >= 4 is 16.0 Å². The maximum Gasteiger partial charge on any atom is 0.310 e. The fraction of sp³-hybridized carbons (Fsp3) is 0.381. The second kappa shape index (κ2) is 7.82. The quantitative estimate of drug-likeness (QED) is 0.753. The molecule has 2 aromatic carbocycles. The Bertz CT molecular complexity index is 894. The number of carbonyl (C=O) groups excluding carboxylic acids is 1. The van der Waals surface area contributed by atoms with Crippen LogP contribution in [0.5, 0.6) is 0 Å². The Hall–Kier alpha value is -2.18. The zero-order valence-electron chi connectivity index (χ0n) is 15.8. The fourth-order valence-corrected chi connectivity index (χ4v) is 5.33. The van der Waals surface area contributed by atoms with Gasteiger partial charge in [-0.3, -0.25) is 4.79 Å². The highest BCUT2D eigenvalue weighted by molar-refractivity contribution is 7.89. The van der Waals surface area contributed by atoms with Crippen molar-refractivity contribution in [3.05, 3.63) is 65.7 Å². The molecule has 0 spiro atoms. The topological polar surface area (TPSA) is 63.7 Å². The monoisotopic (exact) mass is 387 g/mol. The van der Waals surface area contributed by atoms with Crippen molar-refractivity contribution in [2.75, 3.05) is 13.7 Å². The van der Waals surface area contributed by atoms with Crippen LogP contribution in [0.25, 0.3) is 0 Å². The number of rotatable bonds is 4. The normalized spacial score (nSPS) is 23.7. The number of ether oxygens (including phenoxy) is 1. The van der Waals surface area contributed by atoms with Gasteiger partial charge in [0.15, 0.2) is 0 Å². The third-order valence-electron chi connectivity index (χ3n) is 5.32. The summed E-state index contributed by atoms with van der Waals surface area (Å²) in [4.78, 5) is 12.5. The van der Waals surface area contributed by atoms with E-state index in [2.05, 4.69) is 0 Å². The maximum absolute atomic E-state index is 13.4.